The molecule has 0 radical (unpaired) electrons. The van der Waals surface area contributed by atoms with E-state index >= 15 is 0 Å². The van der Waals surface area contributed by atoms with Crippen LogP contribution in [0.2, 0.25) is 0 Å². The smallest absolute Gasteiger partial charge is 0.140 e. The second kappa shape index (κ2) is 4.07. The number of hydrogen-bond acceptors (Lipinski definition) is 2. The van der Waals surface area contributed by atoms with Gasteiger partial charge in [0.05, 0.1) is 6.61 Å². The van der Waals surface area contributed by atoms with Crippen LogP contribution in [0.4, 0.5) is 0 Å². The number of epoxide rings is 1. The molecule has 1 unspecified atom stereocenters. The fourth-order valence-electron chi connectivity index (χ4n) is 1.26. The molecule has 2 nitrogen and oxygen atoms in total. The Bertz CT molecular complexity index is 110. The van der Waals surface area contributed by atoms with Gasteiger partial charge in [-0.05, 0) is 12.8 Å². The van der Waals surface area contributed by atoms with E-state index in [1.165, 1.54) is 32.1 Å². The summed E-state index contributed by atoms with van der Waals surface area (Å²) in [7, 11) is 0. The van der Waals surface area contributed by atoms with Crippen LogP contribution in [0.25, 0.3) is 0 Å². The molecule has 0 aromatic heterocycles. The molecular formula is C9H19NO. The maximum atomic E-state index is 5.74. The largest absolute Gasteiger partial charge is 0.354 e. The standard InChI is InChI=1S/C9H19NO/c1-2-3-4-5-6-7-9(10)8-11-9/h2-8,10H2,1H3. The zero-order valence-corrected chi connectivity index (χ0v) is 7.44. The second-order valence-electron chi connectivity index (χ2n) is 3.52. The molecule has 0 aliphatic carbocycles. The number of hydrogen-bond donors (Lipinski definition) is 1. The molecule has 1 saturated heterocycles. The van der Waals surface area contributed by atoms with Crippen molar-refractivity contribution in [2.75, 3.05) is 6.61 Å². The van der Waals surface area contributed by atoms with Crippen molar-refractivity contribution in [3.8, 4) is 0 Å². The van der Waals surface area contributed by atoms with E-state index in [9.17, 15) is 0 Å². The predicted molar refractivity (Wildman–Crippen MR) is 46.2 cm³/mol. The van der Waals surface area contributed by atoms with Gasteiger partial charge in [-0.15, -0.1) is 0 Å². The average Bonchev–Trinajstić information content (AvgIpc) is 2.69. The maximum absolute atomic E-state index is 5.74. The van der Waals surface area contributed by atoms with Gasteiger partial charge < -0.3 is 10.5 Å². The van der Waals surface area contributed by atoms with Gasteiger partial charge in [-0.2, -0.15) is 0 Å². The highest BCUT2D eigenvalue weighted by molar-refractivity contribution is 4.84. The summed E-state index contributed by atoms with van der Waals surface area (Å²) in [5.74, 6) is 0. The lowest BCUT2D eigenvalue weighted by Gasteiger charge is -2.03. The van der Waals surface area contributed by atoms with Crippen LogP contribution < -0.4 is 5.73 Å². The summed E-state index contributed by atoms with van der Waals surface area (Å²) in [5, 5.41) is 0. The van der Waals surface area contributed by atoms with Gasteiger partial charge in [0.15, 0.2) is 0 Å². The average molecular weight is 157 g/mol. The van der Waals surface area contributed by atoms with Crippen molar-refractivity contribution in [1.82, 2.24) is 0 Å². The minimum atomic E-state index is -0.202. The van der Waals surface area contributed by atoms with Crippen LogP contribution in [0.5, 0.6) is 0 Å². The van der Waals surface area contributed by atoms with Crippen molar-refractivity contribution < 1.29 is 4.74 Å². The van der Waals surface area contributed by atoms with Gasteiger partial charge in [0.2, 0.25) is 0 Å². The van der Waals surface area contributed by atoms with Gasteiger partial charge >= 0.3 is 0 Å². The van der Waals surface area contributed by atoms with Crippen molar-refractivity contribution in [3.63, 3.8) is 0 Å². The SMILES string of the molecule is CCCCCCCC1(N)CO1. The molecule has 66 valence electrons. The van der Waals surface area contributed by atoms with Crippen molar-refractivity contribution in [2.24, 2.45) is 5.73 Å². The summed E-state index contributed by atoms with van der Waals surface area (Å²) in [6.45, 7) is 3.01. The molecule has 0 saturated carbocycles. The normalized spacial score (nSPS) is 28.9. The van der Waals surface area contributed by atoms with Crippen LogP contribution >= 0.6 is 0 Å². The van der Waals surface area contributed by atoms with Crippen molar-refractivity contribution >= 4 is 0 Å². The van der Waals surface area contributed by atoms with Crippen LogP contribution in [0.3, 0.4) is 0 Å². The minimum Gasteiger partial charge on any atom is -0.354 e. The van der Waals surface area contributed by atoms with E-state index < -0.39 is 0 Å². The van der Waals surface area contributed by atoms with Gasteiger partial charge in [-0.3, -0.25) is 0 Å². The molecule has 11 heavy (non-hydrogen) atoms. The van der Waals surface area contributed by atoms with Crippen molar-refractivity contribution in [2.45, 2.75) is 51.2 Å². The number of nitrogens with two attached hydrogens (primary N) is 1. The summed E-state index contributed by atoms with van der Waals surface area (Å²) in [6.07, 6.45) is 7.62. The molecule has 0 aromatic carbocycles. The van der Waals surface area contributed by atoms with E-state index in [1.807, 2.05) is 0 Å². The molecule has 2 heteroatoms. The molecule has 1 atom stereocenters. The number of rotatable bonds is 6. The number of unbranched alkanes of at least 4 members (excludes halogenated alkanes) is 4. The van der Waals surface area contributed by atoms with E-state index in [0.717, 1.165) is 13.0 Å². The third-order valence-electron chi connectivity index (χ3n) is 2.22. The van der Waals surface area contributed by atoms with Gasteiger partial charge in [0.25, 0.3) is 0 Å². The van der Waals surface area contributed by atoms with E-state index in [-0.39, 0.29) is 5.72 Å². The first kappa shape index (κ1) is 9.01. The zero-order valence-electron chi connectivity index (χ0n) is 7.44. The fourth-order valence-corrected chi connectivity index (χ4v) is 1.26. The Morgan fingerprint density at radius 3 is 2.45 bits per heavy atom. The molecule has 1 aliphatic rings. The predicted octanol–water partition coefficient (Wildman–Crippen LogP) is 2.03. The highest BCUT2D eigenvalue weighted by Gasteiger charge is 2.38. The van der Waals surface area contributed by atoms with Crippen molar-refractivity contribution in [1.29, 1.82) is 0 Å². The lowest BCUT2D eigenvalue weighted by Crippen LogP contribution is -2.23. The van der Waals surface area contributed by atoms with Crippen molar-refractivity contribution in [3.05, 3.63) is 0 Å². The Morgan fingerprint density at radius 1 is 1.27 bits per heavy atom. The van der Waals surface area contributed by atoms with Gasteiger partial charge in [-0.25, -0.2) is 0 Å². The van der Waals surface area contributed by atoms with Crippen LogP contribution in [0, 0.1) is 0 Å². The third kappa shape index (κ3) is 3.73. The van der Waals surface area contributed by atoms with E-state index in [0.29, 0.717) is 0 Å². The number of ether oxygens (including phenoxy) is 1. The summed E-state index contributed by atoms with van der Waals surface area (Å²) in [5.41, 5.74) is 5.54. The molecule has 1 heterocycles. The summed E-state index contributed by atoms with van der Waals surface area (Å²) in [4.78, 5) is 0. The Morgan fingerprint density at radius 2 is 1.91 bits per heavy atom. The summed E-state index contributed by atoms with van der Waals surface area (Å²) < 4.78 is 5.08. The second-order valence-corrected chi connectivity index (χ2v) is 3.52. The van der Waals surface area contributed by atoms with Crippen LogP contribution in [-0.4, -0.2) is 12.3 Å². The molecular weight excluding hydrogens is 138 g/mol. The highest BCUT2D eigenvalue weighted by atomic mass is 16.6. The Hall–Kier alpha value is -0.0800. The molecule has 2 N–H and O–H groups in total. The zero-order chi connectivity index (χ0) is 8.16. The van der Waals surface area contributed by atoms with Crippen LogP contribution in [0.15, 0.2) is 0 Å². The lowest BCUT2D eigenvalue weighted by atomic mass is 10.1. The molecule has 0 amide bonds. The Kier molecular flexibility index (Phi) is 3.34. The Labute approximate surface area is 69.1 Å². The topological polar surface area (TPSA) is 38.5 Å². The fraction of sp³-hybridized carbons (Fsp3) is 1.00. The van der Waals surface area contributed by atoms with Gasteiger partial charge in [-0.1, -0.05) is 32.6 Å². The maximum Gasteiger partial charge on any atom is 0.140 e. The highest BCUT2D eigenvalue weighted by Crippen LogP contribution is 2.26. The molecule has 1 aliphatic heterocycles. The minimum absolute atomic E-state index is 0.202. The molecule has 0 spiro atoms. The monoisotopic (exact) mass is 157 g/mol. The quantitative estimate of drug-likeness (QED) is 0.473. The lowest BCUT2D eigenvalue weighted by molar-refractivity contribution is 0.288. The molecule has 1 fully saturated rings. The Balaban J connectivity index is 1.81. The first-order valence-electron chi connectivity index (χ1n) is 4.70. The van der Waals surface area contributed by atoms with E-state index in [1.54, 1.807) is 0 Å². The van der Waals surface area contributed by atoms with E-state index in [4.69, 9.17) is 10.5 Å². The third-order valence-corrected chi connectivity index (χ3v) is 2.22. The van der Waals surface area contributed by atoms with Gasteiger partial charge in [0, 0.05) is 0 Å². The summed E-state index contributed by atoms with van der Waals surface area (Å²) in [6, 6.07) is 0. The summed E-state index contributed by atoms with van der Waals surface area (Å²) >= 11 is 0. The first-order valence-corrected chi connectivity index (χ1v) is 4.70. The van der Waals surface area contributed by atoms with Crippen LogP contribution in [0.1, 0.15) is 45.4 Å². The van der Waals surface area contributed by atoms with E-state index in [2.05, 4.69) is 6.92 Å². The molecule has 0 aromatic rings. The molecule has 1 rings (SSSR count). The first-order chi connectivity index (χ1) is 5.27. The van der Waals surface area contributed by atoms with Gasteiger partial charge in [0.1, 0.15) is 5.72 Å². The van der Waals surface area contributed by atoms with Crippen LogP contribution in [-0.2, 0) is 4.74 Å². The molecule has 0 bridgehead atoms.